The summed E-state index contributed by atoms with van der Waals surface area (Å²) < 4.78 is 0. The first-order valence-corrected chi connectivity index (χ1v) is 4.12. The molecule has 2 rings (SSSR count). The quantitative estimate of drug-likeness (QED) is 0.728. The molecule has 0 bridgehead atoms. The molecule has 0 saturated carbocycles. The largest absolute Gasteiger partial charge is 0.476 e. The molecule has 0 aliphatic rings. The van der Waals surface area contributed by atoms with E-state index in [1.165, 1.54) is 6.20 Å². The van der Waals surface area contributed by atoms with Crippen LogP contribution in [0.5, 0.6) is 0 Å². The highest BCUT2D eigenvalue weighted by molar-refractivity contribution is 5.92. The lowest BCUT2D eigenvalue weighted by atomic mass is 10.1. The lowest BCUT2D eigenvalue weighted by Crippen LogP contribution is -2.00. The lowest BCUT2D eigenvalue weighted by Gasteiger charge is -1.96. The Hall–Kier alpha value is -2.31. The first-order valence-electron chi connectivity index (χ1n) is 4.12. The predicted molar refractivity (Wildman–Crippen MR) is 49.1 cm³/mol. The summed E-state index contributed by atoms with van der Waals surface area (Å²) in [4.78, 5) is 10.8. The van der Waals surface area contributed by atoms with Gasteiger partial charge in [0.2, 0.25) is 0 Å². The van der Waals surface area contributed by atoms with Crippen LogP contribution in [0.4, 0.5) is 0 Å². The smallest absolute Gasteiger partial charge is 0.358 e. The second-order valence-corrected chi connectivity index (χ2v) is 2.91. The van der Waals surface area contributed by atoms with E-state index in [0.29, 0.717) is 11.3 Å². The zero-order valence-electron chi connectivity index (χ0n) is 7.80. The zero-order valence-corrected chi connectivity index (χ0v) is 7.80. The summed E-state index contributed by atoms with van der Waals surface area (Å²) in [6.07, 6.45) is 1.44. The molecule has 2 N–H and O–H groups in total. The number of nitrogens with zero attached hydrogens (tertiary/aromatic N) is 4. The molecule has 0 aliphatic carbocycles. The van der Waals surface area contributed by atoms with Crippen LogP contribution in [0.2, 0.25) is 0 Å². The molecule has 2 aromatic heterocycles. The maximum atomic E-state index is 10.8. The van der Waals surface area contributed by atoms with E-state index >= 15 is 0 Å². The number of carboxylic acid groups (broad SMARTS) is 1. The van der Waals surface area contributed by atoms with Crippen LogP contribution in [-0.2, 0) is 0 Å². The predicted octanol–water partition coefficient (Wildman–Crippen LogP) is 0.268. The summed E-state index contributed by atoms with van der Waals surface area (Å²) in [6.45, 7) is 1.76. The third kappa shape index (κ3) is 1.66. The standard InChI is InChI=1S/C8H7N5O2/c1-4-2-5(3-9-10-4)6-7(8(14)15)12-13-11-6/h2-3H,1H3,(H,14,15)(H,11,12,13). The van der Waals surface area contributed by atoms with Gasteiger partial charge in [0.1, 0.15) is 5.69 Å². The van der Waals surface area contributed by atoms with Crippen LogP contribution >= 0.6 is 0 Å². The highest BCUT2D eigenvalue weighted by Crippen LogP contribution is 2.18. The van der Waals surface area contributed by atoms with Gasteiger partial charge in [-0.2, -0.15) is 20.5 Å². The number of aromatic nitrogens is 5. The van der Waals surface area contributed by atoms with Crippen LogP contribution in [0.15, 0.2) is 12.3 Å². The Balaban J connectivity index is 2.54. The number of nitrogens with one attached hydrogen (secondary N) is 1. The first-order chi connectivity index (χ1) is 7.18. The van der Waals surface area contributed by atoms with Gasteiger partial charge in [0.15, 0.2) is 5.69 Å². The van der Waals surface area contributed by atoms with Crippen molar-refractivity contribution in [1.29, 1.82) is 0 Å². The molecule has 2 aromatic rings. The van der Waals surface area contributed by atoms with Crippen LogP contribution in [-0.4, -0.2) is 36.7 Å². The molecule has 0 aliphatic heterocycles. The van der Waals surface area contributed by atoms with Gasteiger partial charge in [-0.15, -0.1) is 5.10 Å². The number of hydrogen-bond donors (Lipinski definition) is 2. The number of carbonyl (C=O) groups is 1. The number of hydrogen-bond acceptors (Lipinski definition) is 5. The Morgan fingerprint density at radius 2 is 2.27 bits per heavy atom. The fraction of sp³-hybridized carbons (Fsp3) is 0.125. The number of aryl methyl sites for hydroxylation is 1. The summed E-state index contributed by atoms with van der Waals surface area (Å²) in [5, 5.41) is 25.9. The van der Waals surface area contributed by atoms with Crippen molar-refractivity contribution in [3.8, 4) is 11.3 Å². The molecule has 7 heteroatoms. The summed E-state index contributed by atoms with van der Waals surface area (Å²) in [7, 11) is 0. The average molecular weight is 205 g/mol. The second-order valence-electron chi connectivity index (χ2n) is 2.91. The van der Waals surface area contributed by atoms with Crippen LogP contribution in [0.1, 0.15) is 16.2 Å². The van der Waals surface area contributed by atoms with E-state index in [2.05, 4.69) is 25.6 Å². The monoisotopic (exact) mass is 205 g/mol. The van der Waals surface area contributed by atoms with Crippen molar-refractivity contribution >= 4 is 5.97 Å². The number of aromatic amines is 1. The lowest BCUT2D eigenvalue weighted by molar-refractivity contribution is 0.0691. The molecule has 0 saturated heterocycles. The third-order valence-electron chi connectivity index (χ3n) is 1.80. The van der Waals surface area contributed by atoms with Crippen molar-refractivity contribution in [2.45, 2.75) is 6.92 Å². The molecule has 0 spiro atoms. The number of carboxylic acids is 1. The van der Waals surface area contributed by atoms with E-state index in [1.54, 1.807) is 13.0 Å². The summed E-state index contributed by atoms with van der Waals surface area (Å²) >= 11 is 0. The van der Waals surface area contributed by atoms with Gasteiger partial charge in [-0.05, 0) is 13.0 Å². The molecule has 76 valence electrons. The maximum Gasteiger partial charge on any atom is 0.358 e. The molecule has 0 unspecified atom stereocenters. The normalized spacial score (nSPS) is 10.2. The second kappa shape index (κ2) is 3.45. The molecule has 15 heavy (non-hydrogen) atoms. The summed E-state index contributed by atoms with van der Waals surface area (Å²) in [5.74, 6) is -1.13. The molecule has 0 aromatic carbocycles. The van der Waals surface area contributed by atoms with Gasteiger partial charge in [0.05, 0.1) is 11.9 Å². The molecule has 0 radical (unpaired) electrons. The molecule has 0 atom stereocenters. The van der Waals surface area contributed by atoms with E-state index in [0.717, 1.165) is 0 Å². The highest BCUT2D eigenvalue weighted by atomic mass is 16.4. The van der Waals surface area contributed by atoms with Gasteiger partial charge in [-0.1, -0.05) is 0 Å². The topological polar surface area (TPSA) is 105 Å². The minimum absolute atomic E-state index is 0.123. The van der Waals surface area contributed by atoms with Gasteiger partial charge in [-0.3, -0.25) is 0 Å². The summed E-state index contributed by atoms with van der Waals surface area (Å²) in [6, 6.07) is 1.69. The third-order valence-corrected chi connectivity index (χ3v) is 1.80. The highest BCUT2D eigenvalue weighted by Gasteiger charge is 2.16. The minimum Gasteiger partial charge on any atom is -0.476 e. The SMILES string of the molecule is Cc1cc(-c2n[nH]nc2C(=O)O)cnn1. The van der Waals surface area contributed by atoms with Crippen LogP contribution in [0.3, 0.4) is 0 Å². The van der Waals surface area contributed by atoms with Crippen molar-refractivity contribution in [2.24, 2.45) is 0 Å². The molecular weight excluding hydrogens is 198 g/mol. The van der Waals surface area contributed by atoms with Crippen molar-refractivity contribution in [2.75, 3.05) is 0 Å². The molecule has 7 nitrogen and oxygen atoms in total. The fourth-order valence-corrected chi connectivity index (χ4v) is 1.18. The Bertz CT molecular complexity index is 507. The number of H-pyrrole nitrogens is 1. The van der Waals surface area contributed by atoms with Crippen LogP contribution < -0.4 is 0 Å². The molecule has 0 fully saturated rings. The van der Waals surface area contributed by atoms with Crippen molar-refractivity contribution in [1.82, 2.24) is 25.6 Å². The van der Waals surface area contributed by atoms with E-state index in [9.17, 15) is 4.79 Å². The van der Waals surface area contributed by atoms with E-state index in [-0.39, 0.29) is 11.4 Å². The fourth-order valence-electron chi connectivity index (χ4n) is 1.18. The number of aromatic carboxylic acids is 1. The Morgan fingerprint density at radius 3 is 2.93 bits per heavy atom. The van der Waals surface area contributed by atoms with Crippen LogP contribution in [0.25, 0.3) is 11.3 Å². The Morgan fingerprint density at radius 1 is 1.47 bits per heavy atom. The molecular formula is C8H7N5O2. The Labute approximate surface area is 84.2 Å². The van der Waals surface area contributed by atoms with Crippen LogP contribution in [0, 0.1) is 6.92 Å². The first kappa shape index (κ1) is 9.25. The zero-order chi connectivity index (χ0) is 10.8. The van der Waals surface area contributed by atoms with Crippen molar-refractivity contribution < 1.29 is 9.90 Å². The molecule has 0 amide bonds. The van der Waals surface area contributed by atoms with Gasteiger partial charge >= 0.3 is 5.97 Å². The molecule has 2 heterocycles. The van der Waals surface area contributed by atoms with Gasteiger partial charge in [-0.25, -0.2) is 4.79 Å². The van der Waals surface area contributed by atoms with Crippen molar-refractivity contribution in [3.05, 3.63) is 23.7 Å². The number of rotatable bonds is 2. The van der Waals surface area contributed by atoms with Gasteiger partial charge in [0, 0.05) is 5.56 Å². The van der Waals surface area contributed by atoms with Gasteiger partial charge < -0.3 is 5.11 Å². The Kier molecular flexibility index (Phi) is 2.13. The minimum atomic E-state index is -1.13. The van der Waals surface area contributed by atoms with Gasteiger partial charge in [0.25, 0.3) is 0 Å². The summed E-state index contributed by atoms with van der Waals surface area (Å²) in [5.41, 5.74) is 1.41. The van der Waals surface area contributed by atoms with E-state index in [4.69, 9.17) is 5.11 Å². The maximum absolute atomic E-state index is 10.8. The van der Waals surface area contributed by atoms with Crippen molar-refractivity contribution in [3.63, 3.8) is 0 Å². The average Bonchev–Trinajstić information content (AvgIpc) is 2.65. The van der Waals surface area contributed by atoms with E-state index in [1.807, 2.05) is 0 Å². The van der Waals surface area contributed by atoms with E-state index < -0.39 is 5.97 Å².